The minimum absolute atomic E-state index is 0.136. The standard InChI is InChI=1S/C25H24N4O4S/c1-2-33-19-7-5-18(6-8-19)29-23(31)20-9-4-17(16-21(20)24(29)32)22(30)27-11-3-12-28(14-13-27)25-26-10-15-34-25/h4-10,15-16H,2-3,11-14H2,1H3. The summed E-state index contributed by atoms with van der Waals surface area (Å²) in [5, 5.41) is 2.91. The van der Waals surface area contributed by atoms with Crippen molar-refractivity contribution in [1.82, 2.24) is 9.88 Å². The van der Waals surface area contributed by atoms with Gasteiger partial charge in [0.05, 0.1) is 23.4 Å². The fourth-order valence-corrected chi connectivity index (χ4v) is 5.03. The molecule has 2 aliphatic rings. The van der Waals surface area contributed by atoms with Crippen molar-refractivity contribution in [2.45, 2.75) is 13.3 Å². The fourth-order valence-electron chi connectivity index (χ4n) is 4.33. The maximum Gasteiger partial charge on any atom is 0.266 e. The predicted molar refractivity (Wildman–Crippen MR) is 130 cm³/mol. The molecular weight excluding hydrogens is 452 g/mol. The number of nitrogens with zero attached hydrogens (tertiary/aromatic N) is 4. The molecule has 5 rings (SSSR count). The summed E-state index contributed by atoms with van der Waals surface area (Å²) in [5.74, 6) is -0.285. The van der Waals surface area contributed by atoms with Crippen LogP contribution in [0.25, 0.3) is 0 Å². The molecule has 8 nitrogen and oxygen atoms in total. The molecule has 0 bridgehead atoms. The summed E-state index contributed by atoms with van der Waals surface area (Å²) in [6.07, 6.45) is 2.62. The molecule has 1 aromatic heterocycles. The topological polar surface area (TPSA) is 83.1 Å². The number of hydrogen-bond donors (Lipinski definition) is 0. The second-order valence-corrected chi connectivity index (χ2v) is 8.95. The molecule has 0 unspecified atom stereocenters. The van der Waals surface area contributed by atoms with Crippen molar-refractivity contribution in [2.24, 2.45) is 0 Å². The second-order valence-electron chi connectivity index (χ2n) is 8.08. The number of fused-ring (bicyclic) bond motifs is 1. The Morgan fingerprint density at radius 3 is 2.53 bits per heavy atom. The molecule has 2 aromatic carbocycles. The van der Waals surface area contributed by atoms with Gasteiger partial charge in [0.25, 0.3) is 17.7 Å². The third-order valence-corrected chi connectivity index (χ3v) is 6.84. The van der Waals surface area contributed by atoms with Crippen LogP contribution in [0, 0.1) is 0 Å². The van der Waals surface area contributed by atoms with Gasteiger partial charge in [-0.1, -0.05) is 0 Å². The highest BCUT2D eigenvalue weighted by Crippen LogP contribution is 2.30. The first-order valence-electron chi connectivity index (χ1n) is 11.3. The molecule has 0 saturated carbocycles. The van der Waals surface area contributed by atoms with Crippen molar-refractivity contribution < 1.29 is 19.1 Å². The van der Waals surface area contributed by atoms with E-state index in [1.54, 1.807) is 64.9 Å². The lowest BCUT2D eigenvalue weighted by Gasteiger charge is -2.22. The van der Waals surface area contributed by atoms with E-state index in [9.17, 15) is 14.4 Å². The third kappa shape index (κ3) is 4.03. The number of rotatable bonds is 5. The first-order chi connectivity index (χ1) is 16.6. The number of benzene rings is 2. The predicted octanol–water partition coefficient (Wildman–Crippen LogP) is 3.69. The van der Waals surface area contributed by atoms with Gasteiger partial charge in [0.1, 0.15) is 5.75 Å². The lowest BCUT2D eigenvalue weighted by molar-refractivity contribution is 0.0766. The Kier molecular flexibility index (Phi) is 6.02. The van der Waals surface area contributed by atoms with E-state index in [1.807, 2.05) is 12.3 Å². The first-order valence-corrected chi connectivity index (χ1v) is 12.1. The summed E-state index contributed by atoms with van der Waals surface area (Å²) in [4.78, 5) is 48.9. The summed E-state index contributed by atoms with van der Waals surface area (Å²) in [6, 6.07) is 11.6. The zero-order valence-electron chi connectivity index (χ0n) is 18.8. The van der Waals surface area contributed by atoms with Gasteiger partial charge in [-0.3, -0.25) is 14.4 Å². The van der Waals surface area contributed by atoms with Crippen LogP contribution in [-0.2, 0) is 0 Å². The number of carbonyl (C=O) groups excluding carboxylic acids is 3. The molecule has 9 heteroatoms. The molecule has 2 aliphatic heterocycles. The smallest absolute Gasteiger partial charge is 0.266 e. The molecule has 0 spiro atoms. The average Bonchev–Trinajstić information content (AvgIpc) is 3.39. The van der Waals surface area contributed by atoms with Gasteiger partial charge >= 0.3 is 0 Å². The summed E-state index contributed by atoms with van der Waals surface area (Å²) >= 11 is 1.59. The monoisotopic (exact) mass is 476 g/mol. The molecule has 3 amide bonds. The molecular formula is C25H24N4O4S. The summed E-state index contributed by atoms with van der Waals surface area (Å²) in [6.45, 7) is 5.16. The Morgan fingerprint density at radius 1 is 1.00 bits per heavy atom. The number of anilines is 2. The van der Waals surface area contributed by atoms with E-state index in [2.05, 4.69) is 9.88 Å². The molecule has 174 valence electrons. The quantitative estimate of drug-likeness (QED) is 0.523. The molecule has 1 fully saturated rings. The largest absolute Gasteiger partial charge is 0.494 e. The van der Waals surface area contributed by atoms with Gasteiger partial charge in [0.2, 0.25) is 0 Å². The van der Waals surface area contributed by atoms with Gasteiger partial charge in [0, 0.05) is 43.3 Å². The Balaban J connectivity index is 1.33. The second kappa shape index (κ2) is 9.26. The maximum absolute atomic E-state index is 13.3. The van der Waals surface area contributed by atoms with E-state index in [0.717, 1.165) is 23.0 Å². The van der Waals surface area contributed by atoms with Gasteiger partial charge in [-0.15, -0.1) is 11.3 Å². The molecule has 0 atom stereocenters. The van der Waals surface area contributed by atoms with E-state index in [-0.39, 0.29) is 11.5 Å². The first kappa shape index (κ1) is 22.1. The molecule has 34 heavy (non-hydrogen) atoms. The van der Waals surface area contributed by atoms with Gasteiger partial charge in [0.15, 0.2) is 5.13 Å². The summed E-state index contributed by atoms with van der Waals surface area (Å²) < 4.78 is 5.44. The number of hydrogen-bond acceptors (Lipinski definition) is 7. The van der Waals surface area contributed by atoms with Gasteiger partial charge in [-0.25, -0.2) is 9.88 Å². The highest BCUT2D eigenvalue weighted by molar-refractivity contribution is 7.13. The minimum Gasteiger partial charge on any atom is -0.494 e. The summed E-state index contributed by atoms with van der Waals surface area (Å²) in [7, 11) is 0. The fraction of sp³-hybridized carbons (Fsp3) is 0.280. The van der Waals surface area contributed by atoms with Crippen LogP contribution in [0.5, 0.6) is 5.75 Å². The van der Waals surface area contributed by atoms with Crippen molar-refractivity contribution in [3.63, 3.8) is 0 Å². The number of thiazole rings is 1. The van der Waals surface area contributed by atoms with Crippen molar-refractivity contribution in [1.29, 1.82) is 0 Å². The molecule has 3 heterocycles. The lowest BCUT2D eigenvalue weighted by Crippen LogP contribution is -2.35. The van der Waals surface area contributed by atoms with Crippen LogP contribution in [0.15, 0.2) is 54.0 Å². The van der Waals surface area contributed by atoms with Crippen molar-refractivity contribution in [2.75, 3.05) is 42.6 Å². The van der Waals surface area contributed by atoms with Gasteiger partial charge in [-0.2, -0.15) is 0 Å². The molecule has 0 radical (unpaired) electrons. The Bertz CT molecular complexity index is 1230. The third-order valence-electron chi connectivity index (χ3n) is 6.01. The van der Waals surface area contributed by atoms with E-state index >= 15 is 0 Å². The SMILES string of the molecule is CCOc1ccc(N2C(=O)c3ccc(C(=O)N4CCCN(c5nccs5)CC4)cc3C2=O)cc1. The molecule has 0 aliphatic carbocycles. The van der Waals surface area contributed by atoms with Crippen LogP contribution in [0.2, 0.25) is 0 Å². The Morgan fingerprint density at radius 2 is 1.79 bits per heavy atom. The van der Waals surface area contributed by atoms with Crippen LogP contribution in [0.3, 0.4) is 0 Å². The highest BCUT2D eigenvalue weighted by Gasteiger charge is 2.37. The van der Waals surface area contributed by atoms with E-state index in [0.29, 0.717) is 48.8 Å². The summed E-state index contributed by atoms with van der Waals surface area (Å²) in [5.41, 5.74) is 1.44. The van der Waals surface area contributed by atoms with Crippen LogP contribution >= 0.6 is 11.3 Å². The Labute approximate surface area is 201 Å². The van der Waals surface area contributed by atoms with Crippen molar-refractivity contribution in [3.05, 3.63) is 70.7 Å². The molecule has 0 N–H and O–H groups in total. The van der Waals surface area contributed by atoms with Gasteiger partial charge in [-0.05, 0) is 55.8 Å². The minimum atomic E-state index is -0.426. The maximum atomic E-state index is 13.3. The van der Waals surface area contributed by atoms with Crippen LogP contribution < -0.4 is 14.5 Å². The number of aromatic nitrogens is 1. The zero-order chi connectivity index (χ0) is 23.7. The number of ether oxygens (including phenoxy) is 1. The lowest BCUT2D eigenvalue weighted by atomic mass is 10.0. The Hall–Kier alpha value is -3.72. The number of carbonyl (C=O) groups is 3. The van der Waals surface area contributed by atoms with Gasteiger partial charge < -0.3 is 14.5 Å². The van der Waals surface area contributed by atoms with E-state index < -0.39 is 11.8 Å². The van der Waals surface area contributed by atoms with E-state index in [4.69, 9.17) is 4.74 Å². The average molecular weight is 477 g/mol. The van der Waals surface area contributed by atoms with Crippen LogP contribution in [0.4, 0.5) is 10.8 Å². The van der Waals surface area contributed by atoms with Crippen molar-refractivity contribution >= 4 is 39.9 Å². The number of amides is 3. The van der Waals surface area contributed by atoms with Crippen LogP contribution in [-0.4, -0.2) is 60.4 Å². The molecule has 3 aromatic rings. The molecule has 1 saturated heterocycles. The highest BCUT2D eigenvalue weighted by atomic mass is 32.1. The van der Waals surface area contributed by atoms with E-state index in [1.165, 1.54) is 0 Å². The zero-order valence-corrected chi connectivity index (χ0v) is 19.6. The number of imide groups is 1. The van der Waals surface area contributed by atoms with Crippen molar-refractivity contribution in [3.8, 4) is 5.75 Å². The van der Waals surface area contributed by atoms with Crippen LogP contribution in [0.1, 0.15) is 44.4 Å². The normalized spacial score (nSPS) is 16.0.